The molecule has 2 rings (SSSR count). The Morgan fingerprint density at radius 1 is 1.20 bits per heavy atom. The molecule has 1 saturated heterocycles. The normalized spacial score (nSPS) is 17.4. The van der Waals surface area contributed by atoms with Crippen LogP contribution in [0.4, 0.5) is 0 Å². The van der Waals surface area contributed by atoms with E-state index in [0.717, 1.165) is 50.9 Å². The van der Waals surface area contributed by atoms with Crippen LogP contribution in [0.15, 0.2) is 35.3 Å². The molecule has 0 bridgehead atoms. The van der Waals surface area contributed by atoms with Crippen LogP contribution in [0.3, 0.4) is 0 Å². The molecule has 0 spiro atoms. The van der Waals surface area contributed by atoms with Crippen molar-refractivity contribution in [2.45, 2.75) is 18.4 Å². The largest absolute Gasteiger partial charge is 0.492 e. The van der Waals surface area contributed by atoms with Gasteiger partial charge in [-0.3, -0.25) is 4.99 Å². The van der Waals surface area contributed by atoms with E-state index in [-0.39, 0.29) is 5.54 Å². The third-order valence-corrected chi connectivity index (χ3v) is 4.96. The summed E-state index contributed by atoms with van der Waals surface area (Å²) < 4.78 is 11.3. The Morgan fingerprint density at radius 3 is 2.48 bits per heavy atom. The van der Waals surface area contributed by atoms with Gasteiger partial charge in [0.25, 0.3) is 0 Å². The van der Waals surface area contributed by atoms with Gasteiger partial charge in [0.05, 0.1) is 6.54 Å². The van der Waals surface area contributed by atoms with Gasteiger partial charge in [-0.15, -0.1) is 0 Å². The third-order valence-electron chi connectivity index (χ3n) is 4.96. The topological polar surface area (TPSA) is 49.3 Å². The summed E-state index contributed by atoms with van der Waals surface area (Å²) in [6, 6.07) is 9.89. The lowest BCUT2D eigenvalue weighted by atomic mass is 9.88. The molecular formula is C19H32N4O2. The van der Waals surface area contributed by atoms with E-state index in [4.69, 9.17) is 9.47 Å². The van der Waals surface area contributed by atoms with Crippen molar-refractivity contribution in [3.05, 3.63) is 30.3 Å². The highest BCUT2D eigenvalue weighted by atomic mass is 16.5. The molecule has 0 atom stereocenters. The standard InChI is InChI=1S/C19H32N4O2/c1-20-18(21-16-19(22(2)3)10-13-24-14-11-19)23(4)12-15-25-17-8-6-5-7-9-17/h5-9H,10-16H2,1-4H3,(H,20,21). The number of nitrogens with zero attached hydrogens (tertiary/aromatic N) is 3. The number of ether oxygens (including phenoxy) is 2. The summed E-state index contributed by atoms with van der Waals surface area (Å²) in [5.41, 5.74) is 0.121. The first-order chi connectivity index (χ1) is 12.1. The second kappa shape index (κ2) is 9.63. The van der Waals surface area contributed by atoms with Crippen molar-refractivity contribution >= 4 is 5.96 Å². The maximum atomic E-state index is 5.77. The van der Waals surface area contributed by atoms with Crippen molar-refractivity contribution < 1.29 is 9.47 Å². The monoisotopic (exact) mass is 348 g/mol. The van der Waals surface area contributed by atoms with E-state index in [1.54, 1.807) is 0 Å². The number of nitrogens with one attached hydrogen (secondary N) is 1. The predicted octanol–water partition coefficient (Wildman–Crippen LogP) is 1.68. The maximum absolute atomic E-state index is 5.77. The van der Waals surface area contributed by atoms with Gasteiger partial charge >= 0.3 is 0 Å². The minimum absolute atomic E-state index is 0.121. The average Bonchev–Trinajstić information content (AvgIpc) is 2.64. The van der Waals surface area contributed by atoms with Gasteiger partial charge in [0.1, 0.15) is 12.4 Å². The van der Waals surface area contributed by atoms with Crippen molar-refractivity contribution in [3.8, 4) is 5.75 Å². The highest BCUT2D eigenvalue weighted by molar-refractivity contribution is 5.79. The van der Waals surface area contributed by atoms with Crippen molar-refractivity contribution in [1.82, 2.24) is 15.1 Å². The fourth-order valence-corrected chi connectivity index (χ4v) is 3.08. The smallest absolute Gasteiger partial charge is 0.193 e. The number of para-hydroxylation sites is 1. The van der Waals surface area contributed by atoms with Crippen LogP contribution in [-0.2, 0) is 4.74 Å². The fourth-order valence-electron chi connectivity index (χ4n) is 3.08. The van der Waals surface area contributed by atoms with E-state index in [1.807, 2.05) is 44.4 Å². The predicted molar refractivity (Wildman–Crippen MR) is 102 cm³/mol. The number of hydrogen-bond acceptors (Lipinski definition) is 4. The minimum Gasteiger partial charge on any atom is -0.492 e. The molecule has 1 aromatic carbocycles. The molecule has 0 radical (unpaired) electrons. The first-order valence-electron chi connectivity index (χ1n) is 8.92. The first kappa shape index (κ1) is 19.5. The molecule has 0 amide bonds. The van der Waals surface area contributed by atoms with Crippen LogP contribution in [0.1, 0.15) is 12.8 Å². The Bertz CT molecular complexity index is 527. The van der Waals surface area contributed by atoms with E-state index < -0.39 is 0 Å². The minimum atomic E-state index is 0.121. The zero-order valence-corrected chi connectivity index (χ0v) is 16.0. The van der Waals surface area contributed by atoms with Crippen molar-refractivity contribution in [3.63, 3.8) is 0 Å². The number of rotatable bonds is 7. The van der Waals surface area contributed by atoms with E-state index in [0.29, 0.717) is 6.61 Å². The highest BCUT2D eigenvalue weighted by Crippen LogP contribution is 2.25. The Balaban J connectivity index is 1.82. The first-order valence-corrected chi connectivity index (χ1v) is 8.92. The van der Waals surface area contributed by atoms with Crippen LogP contribution >= 0.6 is 0 Å². The van der Waals surface area contributed by atoms with Gasteiger partial charge in [-0.05, 0) is 39.1 Å². The molecule has 1 aliphatic rings. The second-order valence-corrected chi connectivity index (χ2v) is 6.71. The molecule has 1 heterocycles. The quantitative estimate of drug-likeness (QED) is 0.600. The summed E-state index contributed by atoms with van der Waals surface area (Å²) in [5, 5.41) is 3.53. The molecule has 0 unspecified atom stereocenters. The summed E-state index contributed by atoms with van der Waals surface area (Å²) in [5.74, 6) is 1.79. The van der Waals surface area contributed by atoms with Gasteiger partial charge in [0, 0.05) is 39.4 Å². The summed E-state index contributed by atoms with van der Waals surface area (Å²) >= 11 is 0. The highest BCUT2D eigenvalue weighted by Gasteiger charge is 2.35. The van der Waals surface area contributed by atoms with Gasteiger partial charge in [0.15, 0.2) is 5.96 Å². The summed E-state index contributed by atoms with van der Waals surface area (Å²) in [7, 11) is 8.15. The molecule has 1 fully saturated rings. The number of guanidine groups is 1. The number of benzene rings is 1. The maximum Gasteiger partial charge on any atom is 0.193 e. The van der Waals surface area contributed by atoms with E-state index in [9.17, 15) is 0 Å². The molecular weight excluding hydrogens is 316 g/mol. The summed E-state index contributed by atoms with van der Waals surface area (Å²) in [6.45, 7) is 3.89. The van der Waals surface area contributed by atoms with E-state index >= 15 is 0 Å². The lowest BCUT2D eigenvalue weighted by Gasteiger charge is -2.43. The number of aliphatic imine (C=N–C) groups is 1. The van der Waals surface area contributed by atoms with E-state index in [1.165, 1.54) is 0 Å². The van der Waals surface area contributed by atoms with Crippen LogP contribution in [0.2, 0.25) is 0 Å². The van der Waals surface area contributed by atoms with Crippen LogP contribution < -0.4 is 10.1 Å². The van der Waals surface area contributed by atoms with Gasteiger partial charge < -0.3 is 24.6 Å². The van der Waals surface area contributed by atoms with Gasteiger partial charge in [0.2, 0.25) is 0 Å². The van der Waals surface area contributed by atoms with Gasteiger partial charge in [-0.2, -0.15) is 0 Å². The molecule has 0 saturated carbocycles. The van der Waals surface area contributed by atoms with Gasteiger partial charge in [-0.25, -0.2) is 0 Å². The molecule has 140 valence electrons. The molecule has 6 heteroatoms. The van der Waals surface area contributed by atoms with Crippen LogP contribution in [0.5, 0.6) is 5.75 Å². The Kier molecular flexibility index (Phi) is 7.52. The molecule has 0 aliphatic carbocycles. The van der Waals surface area contributed by atoms with Crippen molar-refractivity contribution in [1.29, 1.82) is 0 Å². The Labute approximate surface area is 151 Å². The third kappa shape index (κ3) is 5.61. The number of likely N-dealkylation sites (N-methyl/N-ethyl adjacent to an activating group) is 2. The van der Waals surface area contributed by atoms with Crippen LogP contribution in [-0.4, -0.2) is 82.4 Å². The molecule has 1 aliphatic heterocycles. The Hall–Kier alpha value is -1.79. The number of hydrogen-bond donors (Lipinski definition) is 1. The van der Waals surface area contributed by atoms with Gasteiger partial charge in [-0.1, -0.05) is 18.2 Å². The lowest BCUT2D eigenvalue weighted by molar-refractivity contribution is -0.00522. The molecule has 25 heavy (non-hydrogen) atoms. The SMILES string of the molecule is CN=C(NCC1(N(C)C)CCOCC1)N(C)CCOc1ccccc1. The molecule has 1 aromatic rings. The zero-order valence-electron chi connectivity index (χ0n) is 16.0. The molecule has 0 aromatic heterocycles. The summed E-state index contributed by atoms with van der Waals surface area (Å²) in [4.78, 5) is 8.83. The van der Waals surface area contributed by atoms with Crippen LogP contribution in [0.25, 0.3) is 0 Å². The fraction of sp³-hybridized carbons (Fsp3) is 0.632. The Morgan fingerprint density at radius 2 is 1.88 bits per heavy atom. The van der Waals surface area contributed by atoms with Crippen molar-refractivity contribution in [2.24, 2.45) is 4.99 Å². The summed E-state index contributed by atoms with van der Waals surface area (Å²) in [6.07, 6.45) is 2.07. The van der Waals surface area contributed by atoms with Crippen LogP contribution in [0, 0.1) is 0 Å². The molecule has 6 nitrogen and oxygen atoms in total. The lowest BCUT2D eigenvalue weighted by Crippen LogP contribution is -2.57. The van der Waals surface area contributed by atoms with E-state index in [2.05, 4.69) is 34.2 Å². The second-order valence-electron chi connectivity index (χ2n) is 6.71. The molecule has 1 N–H and O–H groups in total. The van der Waals surface area contributed by atoms with Crippen molar-refractivity contribution in [2.75, 3.05) is 61.1 Å². The zero-order chi connectivity index (χ0) is 18.1. The average molecular weight is 348 g/mol.